The summed E-state index contributed by atoms with van der Waals surface area (Å²) in [4.78, 5) is 25.8. The Morgan fingerprint density at radius 3 is 2.96 bits per heavy atom. The van der Waals surface area contributed by atoms with E-state index in [1.54, 1.807) is 18.3 Å². The van der Waals surface area contributed by atoms with Crippen molar-refractivity contribution in [1.82, 2.24) is 0 Å². The van der Waals surface area contributed by atoms with Gasteiger partial charge in [0.2, 0.25) is 0 Å². The predicted octanol–water partition coefficient (Wildman–Crippen LogP) is 2.11. The first kappa shape index (κ1) is 18.3. The molecule has 0 fully saturated rings. The number of ether oxygens (including phenoxy) is 1. The third-order valence-electron chi connectivity index (χ3n) is 4.92. The van der Waals surface area contributed by atoms with Gasteiger partial charge >= 0.3 is 5.69 Å². The molecule has 26 heavy (non-hydrogen) atoms. The molecule has 2 atom stereocenters. The second kappa shape index (κ2) is 7.43. The Morgan fingerprint density at radius 1 is 1.50 bits per heavy atom. The van der Waals surface area contributed by atoms with Crippen LogP contribution >= 0.6 is 11.3 Å². The highest BCUT2D eigenvalue weighted by atomic mass is 32.1. The van der Waals surface area contributed by atoms with Crippen LogP contribution in [0.5, 0.6) is 5.75 Å². The number of carbonyl (C=O) groups excluding carboxylic acids is 1. The van der Waals surface area contributed by atoms with Crippen molar-refractivity contribution in [3.05, 3.63) is 49.7 Å². The first-order valence-electron chi connectivity index (χ1n) is 8.44. The van der Waals surface area contributed by atoms with Crippen molar-refractivity contribution in [3.63, 3.8) is 0 Å². The molecule has 2 heterocycles. The van der Waals surface area contributed by atoms with Crippen LogP contribution in [0.1, 0.15) is 29.0 Å². The summed E-state index contributed by atoms with van der Waals surface area (Å²) in [6, 6.07) is 5.36. The summed E-state index contributed by atoms with van der Waals surface area (Å²) in [5.41, 5.74) is 2.39. The van der Waals surface area contributed by atoms with Crippen LogP contribution in [-0.2, 0) is 11.2 Å². The summed E-state index contributed by atoms with van der Waals surface area (Å²) < 4.78 is 5.08. The predicted molar refractivity (Wildman–Crippen MR) is 100 cm³/mol. The van der Waals surface area contributed by atoms with Crippen molar-refractivity contribution >= 4 is 28.6 Å². The Labute approximate surface area is 155 Å². The zero-order valence-electron chi connectivity index (χ0n) is 15.0. The van der Waals surface area contributed by atoms with Crippen molar-refractivity contribution in [2.45, 2.75) is 26.3 Å². The quantitative estimate of drug-likeness (QED) is 0.618. The number of nitro benzene ring substituents is 1. The molecule has 0 radical (unpaired) electrons. The number of methoxy groups -OCH3 is 1. The van der Waals surface area contributed by atoms with Crippen molar-refractivity contribution in [3.8, 4) is 5.75 Å². The number of amides is 1. The first-order valence-corrected chi connectivity index (χ1v) is 9.32. The Balaban J connectivity index is 1.72. The lowest BCUT2D eigenvalue weighted by molar-refractivity contribution is -0.923. The van der Waals surface area contributed by atoms with E-state index in [-0.39, 0.29) is 23.4 Å². The van der Waals surface area contributed by atoms with E-state index >= 15 is 0 Å². The number of benzene rings is 1. The molecule has 1 amide bonds. The van der Waals surface area contributed by atoms with E-state index in [9.17, 15) is 14.9 Å². The second-order valence-corrected chi connectivity index (χ2v) is 7.50. The van der Waals surface area contributed by atoms with Crippen LogP contribution in [0, 0.1) is 17.0 Å². The number of nitrogens with zero attached hydrogens (tertiary/aromatic N) is 1. The van der Waals surface area contributed by atoms with E-state index in [4.69, 9.17) is 4.74 Å². The van der Waals surface area contributed by atoms with Gasteiger partial charge in [0.1, 0.15) is 6.04 Å². The number of anilines is 1. The highest BCUT2D eigenvalue weighted by Crippen LogP contribution is 2.32. The van der Waals surface area contributed by atoms with Gasteiger partial charge in [0.05, 0.1) is 18.6 Å². The molecule has 8 heteroatoms. The van der Waals surface area contributed by atoms with E-state index < -0.39 is 4.92 Å². The summed E-state index contributed by atoms with van der Waals surface area (Å²) in [6.07, 6.45) is 0.990. The lowest BCUT2D eigenvalue weighted by Crippen LogP contribution is -3.14. The molecule has 0 spiro atoms. The van der Waals surface area contributed by atoms with Crippen molar-refractivity contribution in [1.29, 1.82) is 0 Å². The van der Waals surface area contributed by atoms with Crippen LogP contribution in [0.3, 0.4) is 0 Å². The molecule has 1 aliphatic heterocycles. The summed E-state index contributed by atoms with van der Waals surface area (Å²) in [5.74, 6) is 0.0297. The molecule has 7 nitrogen and oxygen atoms in total. The molecule has 0 saturated carbocycles. The molecule has 2 N–H and O–H groups in total. The number of rotatable bonds is 5. The van der Waals surface area contributed by atoms with Gasteiger partial charge in [-0.25, -0.2) is 0 Å². The van der Waals surface area contributed by atoms with Crippen molar-refractivity contribution < 1.29 is 19.4 Å². The number of nitro groups is 1. The zero-order chi connectivity index (χ0) is 18.8. The molecule has 1 aliphatic rings. The van der Waals surface area contributed by atoms with Gasteiger partial charge in [-0.1, -0.05) is 0 Å². The van der Waals surface area contributed by atoms with Crippen LogP contribution in [0.15, 0.2) is 23.6 Å². The molecule has 1 aromatic carbocycles. The van der Waals surface area contributed by atoms with E-state index in [1.807, 2.05) is 0 Å². The minimum Gasteiger partial charge on any atom is -0.490 e. The topological polar surface area (TPSA) is 85.9 Å². The van der Waals surface area contributed by atoms with Crippen LogP contribution in [0.4, 0.5) is 11.4 Å². The average molecular weight is 376 g/mol. The van der Waals surface area contributed by atoms with Crippen LogP contribution in [-0.4, -0.2) is 31.0 Å². The maximum atomic E-state index is 12.5. The van der Waals surface area contributed by atoms with Crippen LogP contribution in [0.25, 0.3) is 0 Å². The van der Waals surface area contributed by atoms with Gasteiger partial charge in [-0.3, -0.25) is 14.9 Å². The number of thiophene rings is 1. The fourth-order valence-corrected chi connectivity index (χ4v) is 4.39. The number of nitrogens with one attached hydrogen (secondary N) is 2. The highest BCUT2D eigenvalue weighted by molar-refractivity contribution is 7.10. The van der Waals surface area contributed by atoms with Gasteiger partial charge in [-0.2, -0.15) is 0 Å². The fraction of sp³-hybridized carbons (Fsp3) is 0.389. The van der Waals surface area contributed by atoms with E-state index in [2.05, 4.69) is 23.7 Å². The number of fused-ring (bicyclic) bond motifs is 1. The zero-order valence-corrected chi connectivity index (χ0v) is 15.8. The van der Waals surface area contributed by atoms with Crippen molar-refractivity contribution in [2.75, 3.05) is 25.5 Å². The van der Waals surface area contributed by atoms with E-state index in [0.717, 1.165) is 13.0 Å². The minimum absolute atomic E-state index is 0.107. The Morgan fingerprint density at radius 2 is 2.27 bits per heavy atom. The largest absolute Gasteiger partial charge is 0.490 e. The lowest BCUT2D eigenvalue weighted by atomic mass is 10.0. The molecule has 1 aromatic heterocycles. The summed E-state index contributed by atoms with van der Waals surface area (Å²) >= 11 is 1.78. The fourth-order valence-electron chi connectivity index (χ4n) is 3.41. The van der Waals surface area contributed by atoms with Crippen LogP contribution in [0.2, 0.25) is 0 Å². The molecular weight excluding hydrogens is 354 g/mol. The molecular formula is C18H22N3O4S+. The highest BCUT2D eigenvalue weighted by Gasteiger charge is 2.30. The van der Waals surface area contributed by atoms with E-state index in [1.165, 1.54) is 34.6 Å². The number of hydrogen-bond donors (Lipinski definition) is 2. The SMILES string of the molecule is COc1cc(NC(=O)C[NH+]2CCc3sccc3[C@H]2C)c(C)cc1[N+](=O)[O-]. The van der Waals surface area contributed by atoms with E-state index in [0.29, 0.717) is 17.8 Å². The average Bonchev–Trinajstić information content (AvgIpc) is 3.08. The van der Waals surface area contributed by atoms with Gasteiger partial charge in [-0.15, -0.1) is 11.3 Å². The van der Waals surface area contributed by atoms with Gasteiger partial charge in [0, 0.05) is 34.7 Å². The standard InChI is InChI=1S/C18H21N3O4S/c1-11-8-15(21(23)24)16(25-3)9-14(11)19-18(22)10-20-6-4-17-13(12(20)2)5-7-26-17/h5,7-9,12H,4,6,10H2,1-3H3,(H,19,22)/p+1/t12-/m1/s1. The maximum Gasteiger partial charge on any atom is 0.311 e. The molecule has 0 bridgehead atoms. The Kier molecular flexibility index (Phi) is 5.24. The summed E-state index contributed by atoms with van der Waals surface area (Å²) in [7, 11) is 1.38. The molecule has 2 aromatic rings. The second-order valence-electron chi connectivity index (χ2n) is 6.50. The van der Waals surface area contributed by atoms with Gasteiger partial charge < -0.3 is 15.0 Å². The molecule has 0 aliphatic carbocycles. The third-order valence-corrected chi connectivity index (χ3v) is 5.91. The number of quaternary nitrogens is 1. The molecule has 138 valence electrons. The molecule has 1 unspecified atom stereocenters. The Bertz CT molecular complexity index is 849. The number of carbonyl (C=O) groups is 1. The molecule has 3 rings (SSSR count). The first-order chi connectivity index (χ1) is 12.4. The normalized spacial score (nSPS) is 18.9. The monoisotopic (exact) mass is 376 g/mol. The number of hydrogen-bond acceptors (Lipinski definition) is 5. The van der Waals surface area contributed by atoms with Gasteiger partial charge in [0.15, 0.2) is 12.3 Å². The summed E-state index contributed by atoms with van der Waals surface area (Å²) in [5, 5.41) is 16.1. The minimum atomic E-state index is -0.491. The third kappa shape index (κ3) is 3.56. The summed E-state index contributed by atoms with van der Waals surface area (Å²) in [6.45, 7) is 5.16. The lowest BCUT2D eigenvalue weighted by Gasteiger charge is -2.30. The van der Waals surface area contributed by atoms with Gasteiger partial charge in [-0.05, 0) is 30.9 Å². The van der Waals surface area contributed by atoms with Gasteiger partial charge in [0.25, 0.3) is 5.91 Å². The Hall–Kier alpha value is -2.45. The van der Waals surface area contributed by atoms with Crippen molar-refractivity contribution in [2.24, 2.45) is 0 Å². The number of aryl methyl sites for hydroxylation is 1. The maximum absolute atomic E-state index is 12.5. The molecule has 0 saturated heterocycles. The van der Waals surface area contributed by atoms with Crippen LogP contribution < -0.4 is 15.0 Å². The smallest absolute Gasteiger partial charge is 0.311 e.